The average molecular weight is 356 g/mol. The summed E-state index contributed by atoms with van der Waals surface area (Å²) in [6.45, 7) is 13.0. The van der Waals surface area contributed by atoms with E-state index in [9.17, 15) is 14.4 Å². The first kappa shape index (κ1) is 21.1. The Balaban J connectivity index is 2.31. The molecule has 0 aromatic heterocycles. The zero-order chi connectivity index (χ0) is 19.0. The third-order valence-electron chi connectivity index (χ3n) is 3.94. The molecule has 0 atom stereocenters. The van der Waals surface area contributed by atoms with Crippen LogP contribution < -0.4 is 5.32 Å². The molecule has 1 aliphatic rings. The van der Waals surface area contributed by atoms with Crippen molar-refractivity contribution < 1.29 is 19.1 Å². The van der Waals surface area contributed by atoms with E-state index >= 15 is 0 Å². The summed E-state index contributed by atoms with van der Waals surface area (Å²) in [7, 11) is 0. The van der Waals surface area contributed by atoms with Gasteiger partial charge in [-0.25, -0.2) is 9.59 Å². The maximum atomic E-state index is 12.3. The minimum absolute atomic E-state index is 0.0222. The number of nitrogens with zero attached hydrogens (tertiary/aromatic N) is 3. The van der Waals surface area contributed by atoms with Crippen LogP contribution in [0.1, 0.15) is 41.0 Å². The molecule has 144 valence electrons. The van der Waals surface area contributed by atoms with Crippen LogP contribution in [0.3, 0.4) is 0 Å². The molecule has 1 fully saturated rings. The van der Waals surface area contributed by atoms with Crippen molar-refractivity contribution in [3.8, 4) is 0 Å². The van der Waals surface area contributed by atoms with E-state index in [1.807, 2.05) is 13.8 Å². The van der Waals surface area contributed by atoms with Crippen LogP contribution >= 0.6 is 0 Å². The third-order valence-corrected chi connectivity index (χ3v) is 3.94. The Labute approximate surface area is 150 Å². The highest BCUT2D eigenvalue weighted by atomic mass is 16.6. The molecule has 0 aliphatic carbocycles. The third kappa shape index (κ3) is 7.19. The van der Waals surface area contributed by atoms with E-state index in [4.69, 9.17) is 4.74 Å². The molecular weight excluding hydrogens is 324 g/mol. The monoisotopic (exact) mass is 356 g/mol. The molecule has 1 saturated heterocycles. The number of hydrogen-bond donors (Lipinski definition) is 1. The smallest absolute Gasteiger partial charge is 0.407 e. The van der Waals surface area contributed by atoms with Gasteiger partial charge in [0.05, 0.1) is 0 Å². The molecule has 0 unspecified atom stereocenters. The number of hydrogen-bond acceptors (Lipinski definition) is 4. The number of amides is 4. The standard InChI is InChI=1S/C17H32N4O4/c1-6-19(7-2)16(24)21-12-10-20(11-13-21)14(22)8-9-18-15(23)25-17(3,4)5/h6-13H2,1-5H3,(H,18,23). The van der Waals surface area contributed by atoms with Crippen molar-refractivity contribution in [2.24, 2.45) is 0 Å². The predicted octanol–water partition coefficient (Wildman–Crippen LogP) is 1.51. The topological polar surface area (TPSA) is 82.2 Å². The van der Waals surface area contributed by atoms with Gasteiger partial charge in [-0.1, -0.05) is 0 Å². The fraction of sp³-hybridized carbons (Fsp3) is 0.824. The summed E-state index contributed by atoms with van der Waals surface area (Å²) in [5.74, 6) is -0.0222. The first-order valence-corrected chi connectivity index (χ1v) is 8.96. The Kier molecular flexibility index (Phi) is 7.99. The van der Waals surface area contributed by atoms with Crippen LogP contribution in [0.25, 0.3) is 0 Å². The van der Waals surface area contributed by atoms with Crippen LogP contribution in [-0.4, -0.2) is 84.1 Å². The number of carbonyl (C=O) groups is 3. The number of nitrogens with one attached hydrogen (secondary N) is 1. The number of rotatable bonds is 5. The highest BCUT2D eigenvalue weighted by Crippen LogP contribution is 2.08. The van der Waals surface area contributed by atoms with Gasteiger partial charge >= 0.3 is 12.1 Å². The predicted molar refractivity (Wildman–Crippen MR) is 95.3 cm³/mol. The Bertz CT molecular complexity index is 464. The largest absolute Gasteiger partial charge is 0.444 e. The molecule has 0 bridgehead atoms. The fourth-order valence-corrected chi connectivity index (χ4v) is 2.59. The van der Waals surface area contributed by atoms with Crippen LogP contribution in [0.15, 0.2) is 0 Å². The maximum absolute atomic E-state index is 12.3. The van der Waals surface area contributed by atoms with Gasteiger partial charge in [0.1, 0.15) is 5.60 Å². The molecule has 0 aromatic carbocycles. The highest BCUT2D eigenvalue weighted by Gasteiger charge is 2.26. The molecule has 1 aliphatic heterocycles. The summed E-state index contributed by atoms with van der Waals surface area (Å²) in [5, 5.41) is 2.59. The summed E-state index contributed by atoms with van der Waals surface area (Å²) in [6.07, 6.45) is -0.293. The fourth-order valence-electron chi connectivity index (χ4n) is 2.59. The molecule has 0 radical (unpaired) electrons. The van der Waals surface area contributed by atoms with Gasteiger partial charge in [0.2, 0.25) is 5.91 Å². The molecule has 1 heterocycles. The first-order chi connectivity index (χ1) is 11.7. The van der Waals surface area contributed by atoms with Gasteiger partial charge in [-0.3, -0.25) is 4.79 Å². The lowest BCUT2D eigenvalue weighted by Gasteiger charge is -2.37. The summed E-state index contributed by atoms with van der Waals surface area (Å²) in [4.78, 5) is 41.3. The van der Waals surface area contributed by atoms with Gasteiger partial charge in [0.15, 0.2) is 0 Å². The number of alkyl carbamates (subject to hydrolysis) is 1. The van der Waals surface area contributed by atoms with Gasteiger partial charge in [0.25, 0.3) is 0 Å². The Hall–Kier alpha value is -1.99. The van der Waals surface area contributed by atoms with Crippen LogP contribution in [0.5, 0.6) is 0 Å². The average Bonchev–Trinajstić information content (AvgIpc) is 2.54. The van der Waals surface area contributed by atoms with Crippen molar-refractivity contribution >= 4 is 18.0 Å². The van der Waals surface area contributed by atoms with E-state index in [-0.39, 0.29) is 24.9 Å². The second-order valence-electron chi connectivity index (χ2n) is 7.00. The quantitative estimate of drug-likeness (QED) is 0.809. The zero-order valence-electron chi connectivity index (χ0n) is 16.1. The molecule has 4 amide bonds. The van der Waals surface area contributed by atoms with Gasteiger partial charge < -0.3 is 24.8 Å². The minimum atomic E-state index is -0.554. The van der Waals surface area contributed by atoms with Crippen molar-refractivity contribution in [2.75, 3.05) is 45.8 Å². The molecule has 25 heavy (non-hydrogen) atoms. The lowest BCUT2D eigenvalue weighted by Crippen LogP contribution is -2.54. The molecule has 0 aromatic rings. The number of piperazine rings is 1. The van der Waals surface area contributed by atoms with E-state index in [2.05, 4.69) is 5.32 Å². The molecule has 1 N–H and O–H groups in total. The van der Waals surface area contributed by atoms with Crippen LogP contribution in [-0.2, 0) is 9.53 Å². The summed E-state index contributed by atoms with van der Waals surface area (Å²) >= 11 is 0. The number of carbonyl (C=O) groups excluding carboxylic acids is 3. The number of ether oxygens (including phenoxy) is 1. The number of urea groups is 1. The molecule has 1 rings (SSSR count). The van der Waals surface area contributed by atoms with Crippen LogP contribution in [0.4, 0.5) is 9.59 Å². The van der Waals surface area contributed by atoms with Crippen LogP contribution in [0.2, 0.25) is 0 Å². The van der Waals surface area contributed by atoms with E-state index in [0.717, 1.165) is 0 Å². The van der Waals surface area contributed by atoms with E-state index in [1.165, 1.54) is 0 Å². The second kappa shape index (κ2) is 9.48. The van der Waals surface area contributed by atoms with Crippen molar-refractivity contribution in [2.45, 2.75) is 46.6 Å². The first-order valence-electron chi connectivity index (χ1n) is 8.96. The van der Waals surface area contributed by atoms with Gasteiger partial charge in [-0.2, -0.15) is 0 Å². The lowest BCUT2D eigenvalue weighted by atomic mass is 10.2. The van der Waals surface area contributed by atoms with Crippen LogP contribution in [0, 0.1) is 0 Å². The summed E-state index contributed by atoms with van der Waals surface area (Å²) < 4.78 is 5.13. The van der Waals surface area contributed by atoms with E-state index in [1.54, 1.807) is 35.5 Å². The molecule has 8 nitrogen and oxygen atoms in total. The minimum Gasteiger partial charge on any atom is -0.444 e. The molecule has 0 spiro atoms. The maximum Gasteiger partial charge on any atom is 0.407 e. The lowest BCUT2D eigenvalue weighted by molar-refractivity contribution is -0.132. The van der Waals surface area contributed by atoms with Crippen molar-refractivity contribution in [1.29, 1.82) is 0 Å². The van der Waals surface area contributed by atoms with E-state index < -0.39 is 11.7 Å². The van der Waals surface area contributed by atoms with Gasteiger partial charge in [0, 0.05) is 52.2 Å². The highest BCUT2D eigenvalue weighted by molar-refractivity contribution is 5.78. The Morgan fingerprint density at radius 2 is 1.52 bits per heavy atom. The van der Waals surface area contributed by atoms with Crippen molar-refractivity contribution in [3.63, 3.8) is 0 Å². The van der Waals surface area contributed by atoms with Gasteiger partial charge in [-0.05, 0) is 34.6 Å². The van der Waals surface area contributed by atoms with Crippen molar-refractivity contribution in [3.05, 3.63) is 0 Å². The SMILES string of the molecule is CCN(CC)C(=O)N1CCN(C(=O)CCNC(=O)OC(C)(C)C)CC1. The summed E-state index contributed by atoms with van der Waals surface area (Å²) in [5.41, 5.74) is -0.554. The van der Waals surface area contributed by atoms with E-state index in [0.29, 0.717) is 39.3 Å². The molecule has 0 saturated carbocycles. The Morgan fingerprint density at radius 1 is 1.00 bits per heavy atom. The second-order valence-corrected chi connectivity index (χ2v) is 7.00. The Morgan fingerprint density at radius 3 is 2.00 bits per heavy atom. The van der Waals surface area contributed by atoms with Crippen molar-refractivity contribution in [1.82, 2.24) is 20.0 Å². The zero-order valence-corrected chi connectivity index (χ0v) is 16.1. The van der Waals surface area contributed by atoms with Gasteiger partial charge in [-0.15, -0.1) is 0 Å². The molecule has 8 heteroatoms. The summed E-state index contributed by atoms with van der Waals surface area (Å²) in [6, 6.07) is 0.0312. The normalized spacial score (nSPS) is 14.9. The molecular formula is C17H32N4O4.